The lowest BCUT2D eigenvalue weighted by Gasteiger charge is -2.34. The molecule has 4 rings (SSSR count). The third-order valence-electron chi connectivity index (χ3n) is 5.61. The molecule has 0 bridgehead atoms. The van der Waals surface area contributed by atoms with Gasteiger partial charge in [0.1, 0.15) is 11.4 Å². The number of carbonyl (C=O) groups excluding carboxylic acids is 1. The first-order valence-electron chi connectivity index (χ1n) is 9.99. The number of thiazole rings is 1. The maximum absolute atomic E-state index is 13.1. The summed E-state index contributed by atoms with van der Waals surface area (Å²) in [6.07, 6.45) is 0.377. The summed E-state index contributed by atoms with van der Waals surface area (Å²) >= 11 is 1.53. The van der Waals surface area contributed by atoms with Gasteiger partial charge in [0.2, 0.25) is 0 Å². The third-order valence-corrected chi connectivity index (χ3v) is 6.82. The van der Waals surface area contributed by atoms with Crippen LogP contribution in [-0.2, 0) is 10.2 Å². The highest BCUT2D eigenvalue weighted by molar-refractivity contribution is 7.09. The molecular formula is C21H23F3N2O3S. The lowest BCUT2D eigenvalue weighted by molar-refractivity contribution is -0.153. The van der Waals surface area contributed by atoms with Gasteiger partial charge in [-0.25, -0.2) is 4.98 Å². The topological polar surface area (TPSA) is 61.3 Å². The fourth-order valence-corrected chi connectivity index (χ4v) is 4.87. The van der Waals surface area contributed by atoms with Crippen LogP contribution in [0.5, 0.6) is 5.75 Å². The first kappa shape index (κ1) is 21.2. The van der Waals surface area contributed by atoms with Gasteiger partial charge in [0.15, 0.2) is 12.4 Å². The van der Waals surface area contributed by atoms with E-state index in [4.69, 9.17) is 9.47 Å². The average molecular weight is 440 g/mol. The Morgan fingerprint density at radius 1 is 1.33 bits per heavy atom. The fraction of sp³-hybridized carbons (Fsp3) is 0.571. The monoisotopic (exact) mass is 440 g/mol. The van der Waals surface area contributed by atoms with Gasteiger partial charge in [0.25, 0.3) is 0 Å². The summed E-state index contributed by atoms with van der Waals surface area (Å²) < 4.78 is 48.6. The normalized spacial score (nSPS) is 18.9. The van der Waals surface area contributed by atoms with Crippen molar-refractivity contribution in [2.75, 3.05) is 19.8 Å². The van der Waals surface area contributed by atoms with Gasteiger partial charge in [-0.3, -0.25) is 9.78 Å². The summed E-state index contributed by atoms with van der Waals surface area (Å²) in [6, 6.07) is 1.38. The van der Waals surface area contributed by atoms with Gasteiger partial charge in [0, 0.05) is 54.0 Å². The summed E-state index contributed by atoms with van der Waals surface area (Å²) in [5.41, 5.74) is 1.25. The van der Waals surface area contributed by atoms with Crippen molar-refractivity contribution in [2.45, 2.75) is 56.5 Å². The van der Waals surface area contributed by atoms with Crippen molar-refractivity contribution in [3.63, 3.8) is 0 Å². The van der Waals surface area contributed by atoms with Crippen LogP contribution in [0.25, 0.3) is 0 Å². The number of halogens is 3. The molecule has 9 heteroatoms. The molecule has 0 unspecified atom stereocenters. The first-order valence-corrected chi connectivity index (χ1v) is 10.9. The predicted octanol–water partition coefficient (Wildman–Crippen LogP) is 4.99. The van der Waals surface area contributed by atoms with Crippen LogP contribution in [0, 0.1) is 6.92 Å². The summed E-state index contributed by atoms with van der Waals surface area (Å²) in [7, 11) is 0. The Hall–Kier alpha value is -2.00. The Morgan fingerprint density at radius 3 is 2.67 bits per heavy atom. The number of ketones is 1. The van der Waals surface area contributed by atoms with Gasteiger partial charge < -0.3 is 9.47 Å². The molecular weight excluding hydrogens is 417 g/mol. The van der Waals surface area contributed by atoms with Gasteiger partial charge in [-0.15, -0.1) is 11.3 Å². The summed E-state index contributed by atoms with van der Waals surface area (Å²) in [5, 5.41) is 2.86. The number of nitrogens with zero attached hydrogens (tertiary/aromatic N) is 2. The van der Waals surface area contributed by atoms with Crippen LogP contribution < -0.4 is 4.74 Å². The van der Waals surface area contributed by atoms with E-state index >= 15 is 0 Å². The Labute approximate surface area is 176 Å². The largest absolute Gasteiger partial charge is 0.484 e. The van der Waals surface area contributed by atoms with Crippen molar-refractivity contribution in [1.82, 2.24) is 9.97 Å². The second kappa shape index (κ2) is 8.26. The van der Waals surface area contributed by atoms with Gasteiger partial charge in [-0.2, -0.15) is 13.2 Å². The fourth-order valence-electron chi connectivity index (χ4n) is 3.81. The van der Waals surface area contributed by atoms with E-state index in [1.165, 1.54) is 23.6 Å². The SMILES string of the molecule is Cc1csc(C2(CC(=O)c3cc(OCC(F)(F)F)c(C4CC4)cn3)CCOCC2)n1. The summed E-state index contributed by atoms with van der Waals surface area (Å²) in [6.45, 7) is 1.61. The van der Waals surface area contributed by atoms with E-state index in [-0.39, 0.29) is 29.6 Å². The van der Waals surface area contributed by atoms with Crippen LogP contribution in [0.1, 0.15) is 64.8 Å². The molecule has 0 amide bonds. The van der Waals surface area contributed by atoms with Crippen molar-refractivity contribution < 1.29 is 27.4 Å². The van der Waals surface area contributed by atoms with E-state index in [0.717, 1.165) is 23.5 Å². The molecule has 2 aromatic heterocycles. The number of carbonyl (C=O) groups is 1. The van der Waals surface area contributed by atoms with Crippen molar-refractivity contribution in [3.8, 4) is 5.75 Å². The molecule has 0 atom stereocenters. The number of Topliss-reactive ketones (excluding diaryl/α,β-unsaturated/α-hetero) is 1. The van der Waals surface area contributed by atoms with Crippen LogP contribution in [0.2, 0.25) is 0 Å². The molecule has 1 saturated heterocycles. The highest BCUT2D eigenvalue weighted by Crippen LogP contribution is 2.45. The van der Waals surface area contributed by atoms with E-state index in [2.05, 4.69) is 9.97 Å². The van der Waals surface area contributed by atoms with Crippen molar-refractivity contribution in [2.24, 2.45) is 0 Å². The lowest BCUT2D eigenvalue weighted by Crippen LogP contribution is -2.36. The van der Waals surface area contributed by atoms with E-state index in [9.17, 15) is 18.0 Å². The molecule has 162 valence electrons. The van der Waals surface area contributed by atoms with Gasteiger partial charge in [0.05, 0.1) is 5.01 Å². The van der Waals surface area contributed by atoms with Gasteiger partial charge in [-0.1, -0.05) is 0 Å². The van der Waals surface area contributed by atoms with Crippen LogP contribution in [0.4, 0.5) is 13.2 Å². The van der Waals surface area contributed by atoms with Crippen molar-refractivity contribution in [1.29, 1.82) is 0 Å². The van der Waals surface area contributed by atoms with Gasteiger partial charge >= 0.3 is 6.18 Å². The molecule has 0 radical (unpaired) electrons. The molecule has 2 fully saturated rings. The van der Waals surface area contributed by atoms with E-state index in [0.29, 0.717) is 31.6 Å². The standard InChI is InChI=1S/C21H23F3N2O3S/c1-13-11-30-19(26-13)20(4-6-28-7-5-20)9-17(27)16-8-18(29-12-21(22,23)24)15(10-25-16)14-2-3-14/h8,10-11,14H,2-7,9,12H2,1H3. The number of aryl methyl sites for hydroxylation is 1. The van der Waals surface area contributed by atoms with Crippen LogP contribution in [-0.4, -0.2) is 41.7 Å². The zero-order chi connectivity index (χ0) is 21.4. The molecule has 1 aliphatic carbocycles. The highest BCUT2D eigenvalue weighted by Gasteiger charge is 2.40. The number of rotatable bonds is 7. The number of alkyl halides is 3. The summed E-state index contributed by atoms with van der Waals surface area (Å²) in [5.74, 6) is 0.0493. The van der Waals surface area contributed by atoms with E-state index in [1.807, 2.05) is 12.3 Å². The minimum atomic E-state index is -4.44. The smallest absolute Gasteiger partial charge is 0.422 e. The number of aromatic nitrogens is 2. The molecule has 1 saturated carbocycles. The van der Waals surface area contributed by atoms with Gasteiger partial charge in [-0.05, 0) is 38.5 Å². The maximum Gasteiger partial charge on any atom is 0.422 e. The number of hydrogen-bond acceptors (Lipinski definition) is 6. The van der Waals surface area contributed by atoms with Crippen molar-refractivity contribution in [3.05, 3.63) is 39.6 Å². The van der Waals surface area contributed by atoms with Crippen LogP contribution in [0.3, 0.4) is 0 Å². The Kier molecular flexibility index (Phi) is 5.85. The Morgan fingerprint density at radius 2 is 2.07 bits per heavy atom. The molecule has 30 heavy (non-hydrogen) atoms. The minimum Gasteiger partial charge on any atom is -0.484 e. The molecule has 5 nitrogen and oxygen atoms in total. The van der Waals surface area contributed by atoms with Crippen LogP contribution >= 0.6 is 11.3 Å². The lowest BCUT2D eigenvalue weighted by atomic mass is 9.76. The Balaban J connectivity index is 1.58. The zero-order valence-corrected chi connectivity index (χ0v) is 17.4. The molecule has 3 heterocycles. The molecule has 2 aliphatic rings. The second-order valence-electron chi connectivity index (χ2n) is 8.07. The number of pyridine rings is 1. The molecule has 1 aliphatic heterocycles. The zero-order valence-electron chi connectivity index (χ0n) is 16.6. The minimum absolute atomic E-state index is 0.110. The molecule has 2 aromatic rings. The first-order chi connectivity index (χ1) is 14.3. The Bertz CT molecular complexity index is 918. The van der Waals surface area contributed by atoms with Crippen LogP contribution in [0.15, 0.2) is 17.6 Å². The third kappa shape index (κ3) is 4.83. The molecule has 0 N–H and O–H groups in total. The summed E-state index contributed by atoms with van der Waals surface area (Å²) in [4.78, 5) is 22.0. The highest BCUT2D eigenvalue weighted by atomic mass is 32.1. The van der Waals surface area contributed by atoms with Crippen molar-refractivity contribution >= 4 is 17.1 Å². The quantitative estimate of drug-likeness (QED) is 0.568. The molecule has 0 spiro atoms. The molecule has 0 aromatic carbocycles. The van der Waals surface area contributed by atoms with E-state index < -0.39 is 18.2 Å². The number of hydrogen-bond donors (Lipinski definition) is 0. The van der Waals surface area contributed by atoms with E-state index in [1.54, 1.807) is 0 Å². The second-order valence-corrected chi connectivity index (χ2v) is 8.93. The predicted molar refractivity (Wildman–Crippen MR) is 105 cm³/mol. The number of ether oxygens (including phenoxy) is 2. The average Bonchev–Trinajstić information content (AvgIpc) is 3.46. The maximum atomic E-state index is 13.1.